The van der Waals surface area contributed by atoms with Gasteiger partial charge in [0.25, 0.3) is 0 Å². The van der Waals surface area contributed by atoms with Crippen molar-refractivity contribution in [3.63, 3.8) is 0 Å². The predicted octanol–water partition coefficient (Wildman–Crippen LogP) is 2.85. The lowest BCUT2D eigenvalue weighted by atomic mass is 9.87. The fourth-order valence-corrected chi connectivity index (χ4v) is 4.03. The molecule has 1 spiro atoms. The molecule has 25 heavy (non-hydrogen) atoms. The highest BCUT2D eigenvalue weighted by Crippen LogP contribution is 2.61. The molecule has 0 unspecified atom stereocenters. The zero-order valence-corrected chi connectivity index (χ0v) is 14.9. The highest BCUT2D eigenvalue weighted by atomic mass is 16.5. The van der Waals surface area contributed by atoms with Crippen molar-refractivity contribution < 1.29 is 9.53 Å². The minimum Gasteiger partial charge on any atom is -0.493 e. The number of hydrogen-bond donors (Lipinski definition) is 0. The zero-order valence-electron chi connectivity index (χ0n) is 14.9. The number of pyridine rings is 1. The van der Waals surface area contributed by atoms with Crippen molar-refractivity contribution in [1.29, 1.82) is 0 Å². The minimum absolute atomic E-state index is 0.0118. The average molecular weight is 337 g/mol. The van der Waals surface area contributed by atoms with Crippen LogP contribution in [0.25, 0.3) is 0 Å². The van der Waals surface area contributed by atoms with Gasteiger partial charge in [-0.05, 0) is 31.0 Å². The summed E-state index contributed by atoms with van der Waals surface area (Å²) in [6, 6.07) is 12.0. The molecule has 1 aliphatic heterocycles. The first-order valence-corrected chi connectivity index (χ1v) is 8.67. The molecule has 4 rings (SSSR count). The van der Waals surface area contributed by atoms with Crippen molar-refractivity contribution >= 4 is 17.4 Å². The molecular weight excluding hydrogens is 314 g/mol. The maximum absolute atomic E-state index is 13.2. The van der Waals surface area contributed by atoms with E-state index in [4.69, 9.17) is 4.74 Å². The van der Waals surface area contributed by atoms with Gasteiger partial charge in [-0.15, -0.1) is 0 Å². The van der Waals surface area contributed by atoms with Crippen molar-refractivity contribution in [2.75, 3.05) is 37.5 Å². The van der Waals surface area contributed by atoms with E-state index in [0.717, 1.165) is 30.1 Å². The third kappa shape index (κ3) is 2.46. The summed E-state index contributed by atoms with van der Waals surface area (Å²) < 4.78 is 5.78. The fraction of sp³-hybridized carbons (Fsp3) is 0.400. The summed E-state index contributed by atoms with van der Waals surface area (Å²) >= 11 is 0. The molecule has 0 saturated heterocycles. The lowest BCUT2D eigenvalue weighted by Crippen LogP contribution is -2.33. The van der Waals surface area contributed by atoms with Crippen LogP contribution in [-0.4, -0.2) is 38.6 Å². The van der Waals surface area contributed by atoms with E-state index < -0.39 is 0 Å². The summed E-state index contributed by atoms with van der Waals surface area (Å²) in [5.41, 5.74) is 1.98. The number of carbonyl (C=O) groups is 1. The van der Waals surface area contributed by atoms with Gasteiger partial charge >= 0.3 is 0 Å². The van der Waals surface area contributed by atoms with Gasteiger partial charge in [-0.1, -0.05) is 18.2 Å². The monoisotopic (exact) mass is 337 g/mol. The normalized spacial score (nSPS) is 23.6. The van der Waals surface area contributed by atoms with E-state index in [1.54, 1.807) is 11.1 Å². The van der Waals surface area contributed by atoms with Crippen molar-refractivity contribution in [3.05, 3.63) is 48.2 Å². The number of benzene rings is 1. The number of rotatable bonds is 3. The molecule has 1 fully saturated rings. The molecule has 2 aromatic rings. The molecular formula is C20H23N3O2. The van der Waals surface area contributed by atoms with E-state index in [1.807, 2.05) is 56.4 Å². The van der Waals surface area contributed by atoms with Crippen LogP contribution in [-0.2, 0) is 10.2 Å². The Hall–Kier alpha value is -2.56. The fourth-order valence-electron chi connectivity index (χ4n) is 4.03. The highest BCUT2D eigenvalue weighted by molar-refractivity contribution is 6.00. The molecule has 1 aromatic heterocycles. The van der Waals surface area contributed by atoms with Crippen LogP contribution < -0.4 is 14.5 Å². The number of nitrogens with zero attached hydrogens (tertiary/aromatic N) is 3. The Morgan fingerprint density at radius 3 is 2.80 bits per heavy atom. The van der Waals surface area contributed by atoms with Crippen molar-refractivity contribution in [2.24, 2.45) is 5.92 Å². The third-order valence-electron chi connectivity index (χ3n) is 5.48. The topological polar surface area (TPSA) is 45.7 Å². The molecule has 1 aliphatic carbocycles. The molecule has 2 heterocycles. The Balaban J connectivity index is 1.62. The van der Waals surface area contributed by atoms with Gasteiger partial charge in [0, 0.05) is 44.2 Å². The van der Waals surface area contributed by atoms with Crippen molar-refractivity contribution in [1.82, 2.24) is 4.98 Å². The van der Waals surface area contributed by atoms with E-state index >= 15 is 0 Å². The standard InChI is InChI=1S/C20H23N3O2/c1-22(2)18-16(8-6-11-21-18)23(3)19(24)15-13-20(15)10-12-25-17-9-5-4-7-14(17)20/h4-9,11,15H,10,12-13H2,1-3H3/t15-,20-/m0/s1. The van der Waals surface area contributed by atoms with E-state index in [2.05, 4.69) is 11.1 Å². The number of anilines is 2. The molecule has 0 N–H and O–H groups in total. The zero-order chi connectivity index (χ0) is 17.6. The average Bonchev–Trinajstić information content (AvgIpc) is 3.35. The van der Waals surface area contributed by atoms with Crippen LogP contribution >= 0.6 is 0 Å². The number of carbonyl (C=O) groups excluding carboxylic acids is 1. The molecule has 5 nitrogen and oxygen atoms in total. The Morgan fingerprint density at radius 2 is 2.00 bits per heavy atom. The van der Waals surface area contributed by atoms with Gasteiger partial charge in [-0.3, -0.25) is 4.79 Å². The summed E-state index contributed by atoms with van der Waals surface area (Å²) in [4.78, 5) is 21.3. The molecule has 130 valence electrons. The molecule has 2 atom stereocenters. The molecule has 0 radical (unpaired) electrons. The van der Waals surface area contributed by atoms with Gasteiger partial charge in [0.1, 0.15) is 5.75 Å². The summed E-state index contributed by atoms with van der Waals surface area (Å²) in [7, 11) is 5.73. The second-order valence-corrected chi connectivity index (χ2v) is 7.15. The Kier molecular flexibility index (Phi) is 3.67. The molecule has 1 aromatic carbocycles. The van der Waals surface area contributed by atoms with Gasteiger partial charge < -0.3 is 14.5 Å². The first-order valence-electron chi connectivity index (χ1n) is 8.67. The van der Waals surface area contributed by atoms with E-state index in [0.29, 0.717) is 6.61 Å². The van der Waals surface area contributed by atoms with Gasteiger partial charge in [0.2, 0.25) is 5.91 Å². The van der Waals surface area contributed by atoms with Crippen LogP contribution in [0.15, 0.2) is 42.6 Å². The Labute approximate surface area is 148 Å². The lowest BCUT2D eigenvalue weighted by Gasteiger charge is -2.28. The van der Waals surface area contributed by atoms with Gasteiger partial charge in [-0.25, -0.2) is 4.98 Å². The molecule has 1 amide bonds. The third-order valence-corrected chi connectivity index (χ3v) is 5.48. The Morgan fingerprint density at radius 1 is 1.20 bits per heavy atom. The van der Waals surface area contributed by atoms with Crippen LogP contribution in [0.5, 0.6) is 5.75 Å². The SMILES string of the molecule is CN(C)c1ncccc1N(C)C(=O)[C@@H]1C[C@]12CCOc1ccccc12. The first kappa shape index (κ1) is 15.9. The number of amides is 1. The van der Waals surface area contributed by atoms with Crippen molar-refractivity contribution in [3.8, 4) is 5.75 Å². The summed E-state index contributed by atoms with van der Waals surface area (Å²) in [5, 5.41) is 0. The maximum Gasteiger partial charge on any atom is 0.230 e. The van der Waals surface area contributed by atoms with E-state index in [9.17, 15) is 4.79 Å². The van der Waals surface area contributed by atoms with E-state index in [-0.39, 0.29) is 17.2 Å². The van der Waals surface area contributed by atoms with Gasteiger partial charge in [0.05, 0.1) is 12.3 Å². The summed E-state index contributed by atoms with van der Waals surface area (Å²) in [6.07, 6.45) is 3.56. The predicted molar refractivity (Wildman–Crippen MR) is 98.3 cm³/mol. The Bertz CT molecular complexity index is 820. The van der Waals surface area contributed by atoms with Gasteiger partial charge in [0.15, 0.2) is 5.82 Å². The van der Waals surface area contributed by atoms with Crippen LogP contribution in [0, 0.1) is 5.92 Å². The van der Waals surface area contributed by atoms with Crippen LogP contribution in [0.4, 0.5) is 11.5 Å². The summed E-state index contributed by atoms with van der Waals surface area (Å²) in [5.74, 6) is 1.91. The van der Waals surface area contributed by atoms with Gasteiger partial charge in [-0.2, -0.15) is 0 Å². The smallest absolute Gasteiger partial charge is 0.230 e. The van der Waals surface area contributed by atoms with Crippen molar-refractivity contribution in [2.45, 2.75) is 18.3 Å². The maximum atomic E-state index is 13.2. The molecule has 5 heteroatoms. The number of aromatic nitrogens is 1. The van der Waals surface area contributed by atoms with E-state index in [1.165, 1.54) is 5.56 Å². The van der Waals surface area contributed by atoms with Crippen LogP contribution in [0.3, 0.4) is 0 Å². The highest BCUT2D eigenvalue weighted by Gasteiger charge is 2.61. The molecule has 1 saturated carbocycles. The minimum atomic E-state index is -0.0549. The first-order chi connectivity index (χ1) is 12.0. The second kappa shape index (κ2) is 5.76. The van der Waals surface area contributed by atoms with Crippen LogP contribution in [0.1, 0.15) is 18.4 Å². The summed E-state index contributed by atoms with van der Waals surface area (Å²) in [6.45, 7) is 0.681. The second-order valence-electron chi connectivity index (χ2n) is 7.15. The number of hydrogen-bond acceptors (Lipinski definition) is 4. The molecule has 0 bridgehead atoms. The molecule has 2 aliphatic rings. The number of para-hydroxylation sites is 1. The largest absolute Gasteiger partial charge is 0.493 e. The van der Waals surface area contributed by atoms with Crippen LogP contribution in [0.2, 0.25) is 0 Å². The number of ether oxygens (including phenoxy) is 1. The number of fused-ring (bicyclic) bond motifs is 2. The quantitative estimate of drug-likeness (QED) is 0.864. The lowest BCUT2D eigenvalue weighted by molar-refractivity contribution is -0.120.